The largest absolute Gasteiger partial charge is 0.473 e. The molecule has 1 amide bonds. The van der Waals surface area contributed by atoms with Crippen molar-refractivity contribution in [3.8, 4) is 5.88 Å². The first kappa shape index (κ1) is 13.4. The Morgan fingerprint density at radius 1 is 1.47 bits per heavy atom. The average Bonchev–Trinajstić information content (AvgIpc) is 2.65. The number of aromatic nitrogens is 2. The number of carbonyl (C=O) groups is 1. The van der Waals surface area contributed by atoms with Crippen LogP contribution in [-0.4, -0.2) is 21.8 Å². The van der Waals surface area contributed by atoms with Gasteiger partial charge in [0.1, 0.15) is 0 Å². The highest BCUT2D eigenvalue weighted by Gasteiger charge is 2.12. The normalized spacial score (nSPS) is 11.0. The number of carbonyl (C=O) groups excluding carboxylic acids is 1. The Hall–Kier alpha value is -2.04. The molecule has 0 fully saturated rings. The molecule has 0 saturated heterocycles. The van der Waals surface area contributed by atoms with Gasteiger partial charge in [0, 0.05) is 19.2 Å². The summed E-state index contributed by atoms with van der Waals surface area (Å²) in [5.41, 5.74) is 1.74. The molecule has 2 rings (SSSR count). The second-order valence-corrected chi connectivity index (χ2v) is 4.73. The third-order valence-corrected chi connectivity index (χ3v) is 2.77. The fourth-order valence-corrected chi connectivity index (χ4v) is 1.87. The molecule has 1 N–H and O–H groups in total. The topological polar surface area (TPSA) is 56.1 Å². The number of aryl methyl sites for hydroxylation is 1. The summed E-state index contributed by atoms with van der Waals surface area (Å²) < 4.78 is 7.47. The highest BCUT2D eigenvalue weighted by atomic mass is 16.5. The molecule has 1 aromatic heterocycles. The molecule has 2 aromatic rings. The van der Waals surface area contributed by atoms with E-state index in [9.17, 15) is 4.79 Å². The summed E-state index contributed by atoms with van der Waals surface area (Å²) in [7, 11) is 1.87. The fraction of sp³-hybridized carbons (Fsp3) is 0.429. The van der Waals surface area contributed by atoms with Gasteiger partial charge in [-0.3, -0.25) is 9.48 Å². The number of rotatable bonds is 4. The first-order valence-electron chi connectivity index (χ1n) is 6.44. The SMILES string of the molecule is CCC(=O)Nc1ccc2c(c1)c(OC(C)C)nn2C. The number of hydrogen-bond acceptors (Lipinski definition) is 3. The van der Waals surface area contributed by atoms with Gasteiger partial charge in [0.2, 0.25) is 11.8 Å². The molecular weight excluding hydrogens is 242 g/mol. The Kier molecular flexibility index (Phi) is 3.74. The summed E-state index contributed by atoms with van der Waals surface area (Å²) in [5.74, 6) is 0.592. The Balaban J connectivity index is 2.41. The summed E-state index contributed by atoms with van der Waals surface area (Å²) in [6, 6.07) is 5.70. The van der Waals surface area contributed by atoms with Crippen LogP contribution in [0.5, 0.6) is 5.88 Å². The molecule has 0 aliphatic heterocycles. The van der Waals surface area contributed by atoms with Crippen LogP contribution in [0.25, 0.3) is 10.9 Å². The molecule has 19 heavy (non-hydrogen) atoms. The first-order valence-corrected chi connectivity index (χ1v) is 6.44. The van der Waals surface area contributed by atoms with Crippen molar-refractivity contribution in [2.24, 2.45) is 7.05 Å². The van der Waals surface area contributed by atoms with Crippen molar-refractivity contribution in [2.75, 3.05) is 5.32 Å². The van der Waals surface area contributed by atoms with Crippen molar-refractivity contribution in [3.05, 3.63) is 18.2 Å². The number of fused-ring (bicyclic) bond motifs is 1. The molecule has 0 aliphatic rings. The third-order valence-electron chi connectivity index (χ3n) is 2.77. The summed E-state index contributed by atoms with van der Waals surface area (Å²) in [4.78, 5) is 11.4. The number of nitrogens with zero attached hydrogens (tertiary/aromatic N) is 2. The Morgan fingerprint density at radius 2 is 2.21 bits per heavy atom. The summed E-state index contributed by atoms with van der Waals surface area (Å²) >= 11 is 0. The van der Waals surface area contributed by atoms with Crippen LogP contribution in [0.15, 0.2) is 18.2 Å². The number of anilines is 1. The molecule has 1 aromatic carbocycles. The molecule has 0 bridgehead atoms. The second kappa shape index (κ2) is 5.30. The van der Waals surface area contributed by atoms with Crippen LogP contribution in [0.1, 0.15) is 27.2 Å². The molecule has 5 nitrogen and oxygen atoms in total. The van der Waals surface area contributed by atoms with Crippen molar-refractivity contribution >= 4 is 22.5 Å². The number of amides is 1. The summed E-state index contributed by atoms with van der Waals surface area (Å²) in [5, 5.41) is 8.10. The zero-order valence-electron chi connectivity index (χ0n) is 11.7. The fourth-order valence-electron chi connectivity index (χ4n) is 1.87. The van der Waals surface area contributed by atoms with Gasteiger partial charge >= 0.3 is 0 Å². The lowest BCUT2D eigenvalue weighted by molar-refractivity contribution is -0.115. The summed E-state index contributed by atoms with van der Waals surface area (Å²) in [6.45, 7) is 5.75. The van der Waals surface area contributed by atoms with Gasteiger partial charge in [0.15, 0.2) is 0 Å². The smallest absolute Gasteiger partial charge is 0.241 e. The van der Waals surface area contributed by atoms with Gasteiger partial charge in [0.05, 0.1) is 17.0 Å². The molecular formula is C14H19N3O2. The van der Waals surface area contributed by atoms with Crippen molar-refractivity contribution < 1.29 is 9.53 Å². The monoisotopic (exact) mass is 261 g/mol. The van der Waals surface area contributed by atoms with Crippen molar-refractivity contribution in [3.63, 3.8) is 0 Å². The second-order valence-electron chi connectivity index (χ2n) is 4.73. The lowest BCUT2D eigenvalue weighted by Crippen LogP contribution is -2.09. The zero-order valence-corrected chi connectivity index (χ0v) is 11.7. The van der Waals surface area contributed by atoms with E-state index in [1.807, 2.05) is 46.0 Å². The minimum Gasteiger partial charge on any atom is -0.473 e. The van der Waals surface area contributed by atoms with E-state index in [0.717, 1.165) is 16.6 Å². The predicted molar refractivity (Wildman–Crippen MR) is 75.4 cm³/mol. The third kappa shape index (κ3) is 2.86. The molecule has 0 aliphatic carbocycles. The lowest BCUT2D eigenvalue weighted by atomic mass is 10.2. The van der Waals surface area contributed by atoms with Crippen molar-refractivity contribution in [1.82, 2.24) is 9.78 Å². The van der Waals surface area contributed by atoms with E-state index in [1.54, 1.807) is 4.68 Å². The van der Waals surface area contributed by atoms with Gasteiger partial charge in [-0.15, -0.1) is 5.10 Å². The first-order chi connectivity index (χ1) is 9.01. The van der Waals surface area contributed by atoms with Crippen LogP contribution in [0.4, 0.5) is 5.69 Å². The highest BCUT2D eigenvalue weighted by Crippen LogP contribution is 2.28. The van der Waals surface area contributed by atoms with Crippen LogP contribution in [0, 0.1) is 0 Å². The number of nitrogens with one attached hydrogen (secondary N) is 1. The molecule has 1 heterocycles. The molecule has 0 saturated carbocycles. The highest BCUT2D eigenvalue weighted by molar-refractivity contribution is 5.94. The van der Waals surface area contributed by atoms with Gasteiger partial charge in [-0.25, -0.2) is 0 Å². The van der Waals surface area contributed by atoms with Gasteiger partial charge in [-0.05, 0) is 32.0 Å². The number of benzene rings is 1. The minimum atomic E-state index is -0.00503. The predicted octanol–water partition coefficient (Wildman–Crippen LogP) is 2.71. The van der Waals surface area contributed by atoms with E-state index in [1.165, 1.54) is 0 Å². The Morgan fingerprint density at radius 3 is 2.84 bits per heavy atom. The molecule has 5 heteroatoms. The van der Waals surface area contributed by atoms with Crippen LogP contribution in [0.3, 0.4) is 0 Å². The van der Waals surface area contributed by atoms with Crippen LogP contribution >= 0.6 is 0 Å². The Labute approximate surface area is 112 Å². The van der Waals surface area contributed by atoms with E-state index in [2.05, 4.69) is 10.4 Å². The molecule has 0 atom stereocenters. The van der Waals surface area contributed by atoms with E-state index < -0.39 is 0 Å². The standard InChI is InChI=1S/C14H19N3O2/c1-5-13(18)15-10-6-7-12-11(8-10)14(16-17(12)4)19-9(2)3/h6-9H,5H2,1-4H3,(H,15,18). The molecule has 0 spiro atoms. The van der Waals surface area contributed by atoms with E-state index in [0.29, 0.717) is 12.3 Å². The molecule has 102 valence electrons. The van der Waals surface area contributed by atoms with Gasteiger partial charge < -0.3 is 10.1 Å². The lowest BCUT2D eigenvalue weighted by Gasteiger charge is -2.07. The quantitative estimate of drug-likeness (QED) is 0.920. The maximum absolute atomic E-state index is 11.4. The van der Waals surface area contributed by atoms with Crippen LogP contribution in [-0.2, 0) is 11.8 Å². The summed E-state index contributed by atoms with van der Waals surface area (Å²) in [6.07, 6.45) is 0.521. The Bertz CT molecular complexity index is 602. The maximum Gasteiger partial charge on any atom is 0.241 e. The van der Waals surface area contributed by atoms with Crippen LogP contribution in [0.2, 0.25) is 0 Å². The van der Waals surface area contributed by atoms with Crippen molar-refractivity contribution in [1.29, 1.82) is 0 Å². The van der Waals surface area contributed by atoms with E-state index in [-0.39, 0.29) is 12.0 Å². The van der Waals surface area contributed by atoms with Gasteiger partial charge in [-0.1, -0.05) is 6.92 Å². The van der Waals surface area contributed by atoms with Crippen molar-refractivity contribution in [2.45, 2.75) is 33.3 Å². The van der Waals surface area contributed by atoms with Crippen LogP contribution < -0.4 is 10.1 Å². The van der Waals surface area contributed by atoms with Gasteiger partial charge in [-0.2, -0.15) is 0 Å². The molecule has 0 unspecified atom stereocenters. The van der Waals surface area contributed by atoms with Gasteiger partial charge in [0.25, 0.3) is 0 Å². The maximum atomic E-state index is 11.4. The molecule has 0 radical (unpaired) electrons. The number of ether oxygens (including phenoxy) is 1. The minimum absolute atomic E-state index is 0.00503. The average molecular weight is 261 g/mol. The van der Waals surface area contributed by atoms with E-state index >= 15 is 0 Å². The zero-order chi connectivity index (χ0) is 14.0. The van der Waals surface area contributed by atoms with E-state index in [4.69, 9.17) is 4.74 Å². The number of hydrogen-bond donors (Lipinski definition) is 1.